The molecule has 3 N–H and O–H groups in total. The van der Waals surface area contributed by atoms with Crippen molar-refractivity contribution < 1.29 is 12.8 Å². The SMILES string of the molecule is CCC1CC1NS(=O)(=O)c1cc(N)cc(Br)c1F. The van der Waals surface area contributed by atoms with Crippen LogP contribution in [0, 0.1) is 11.7 Å². The van der Waals surface area contributed by atoms with Gasteiger partial charge in [0.25, 0.3) is 0 Å². The summed E-state index contributed by atoms with van der Waals surface area (Å²) in [6.07, 6.45) is 1.72. The first-order chi connectivity index (χ1) is 8.35. The van der Waals surface area contributed by atoms with Crippen molar-refractivity contribution in [3.63, 3.8) is 0 Å². The molecule has 0 spiro atoms. The van der Waals surface area contributed by atoms with Crippen molar-refractivity contribution >= 4 is 31.6 Å². The largest absolute Gasteiger partial charge is 0.399 e. The van der Waals surface area contributed by atoms with Gasteiger partial charge in [-0.2, -0.15) is 0 Å². The Hall–Kier alpha value is -0.660. The van der Waals surface area contributed by atoms with Crippen molar-refractivity contribution in [3.05, 3.63) is 22.4 Å². The van der Waals surface area contributed by atoms with Crippen molar-refractivity contribution in [1.29, 1.82) is 0 Å². The lowest BCUT2D eigenvalue weighted by molar-refractivity contribution is 0.551. The third-order valence-electron chi connectivity index (χ3n) is 3.06. The molecule has 2 unspecified atom stereocenters. The molecule has 0 saturated heterocycles. The molecular formula is C11H14BrFN2O2S. The zero-order valence-corrected chi connectivity index (χ0v) is 12.2. The van der Waals surface area contributed by atoms with Crippen molar-refractivity contribution in [2.75, 3.05) is 5.73 Å². The van der Waals surface area contributed by atoms with Crippen LogP contribution in [-0.2, 0) is 10.0 Å². The average molecular weight is 337 g/mol. The van der Waals surface area contributed by atoms with E-state index in [1.807, 2.05) is 6.92 Å². The first-order valence-corrected chi connectivity index (χ1v) is 7.89. The monoisotopic (exact) mass is 336 g/mol. The number of rotatable bonds is 4. The fraction of sp³-hybridized carbons (Fsp3) is 0.455. The average Bonchev–Trinajstić information content (AvgIpc) is 3.00. The van der Waals surface area contributed by atoms with E-state index < -0.39 is 20.7 Å². The van der Waals surface area contributed by atoms with Crippen LogP contribution in [0.5, 0.6) is 0 Å². The third kappa shape index (κ3) is 2.67. The van der Waals surface area contributed by atoms with E-state index in [0.29, 0.717) is 5.92 Å². The summed E-state index contributed by atoms with van der Waals surface area (Å²) in [5.41, 5.74) is 5.74. The number of hydrogen-bond donors (Lipinski definition) is 2. The number of nitrogens with one attached hydrogen (secondary N) is 1. The highest BCUT2D eigenvalue weighted by atomic mass is 79.9. The number of sulfonamides is 1. The van der Waals surface area contributed by atoms with Gasteiger partial charge in [-0.3, -0.25) is 0 Å². The maximum Gasteiger partial charge on any atom is 0.243 e. The summed E-state index contributed by atoms with van der Waals surface area (Å²) in [5, 5.41) is 0. The van der Waals surface area contributed by atoms with Gasteiger partial charge in [-0.15, -0.1) is 0 Å². The summed E-state index contributed by atoms with van der Waals surface area (Å²) in [7, 11) is -3.85. The molecule has 0 bridgehead atoms. The van der Waals surface area contributed by atoms with Crippen LogP contribution >= 0.6 is 15.9 Å². The Bertz CT molecular complexity index is 577. The Kier molecular flexibility index (Phi) is 3.66. The second kappa shape index (κ2) is 4.79. The van der Waals surface area contributed by atoms with Crippen LogP contribution in [0.25, 0.3) is 0 Å². The molecule has 1 aromatic carbocycles. The zero-order chi connectivity index (χ0) is 13.5. The maximum absolute atomic E-state index is 13.8. The van der Waals surface area contributed by atoms with Crippen LogP contribution in [0.1, 0.15) is 19.8 Å². The zero-order valence-electron chi connectivity index (χ0n) is 9.78. The van der Waals surface area contributed by atoms with Gasteiger partial charge in [0.2, 0.25) is 10.0 Å². The van der Waals surface area contributed by atoms with Crippen LogP contribution < -0.4 is 10.5 Å². The molecule has 0 aliphatic heterocycles. The Labute approximate surface area is 114 Å². The fourth-order valence-electron chi connectivity index (χ4n) is 1.89. The second-order valence-electron chi connectivity index (χ2n) is 4.45. The molecule has 1 aliphatic rings. The van der Waals surface area contributed by atoms with Crippen LogP contribution in [0.4, 0.5) is 10.1 Å². The highest BCUT2D eigenvalue weighted by Gasteiger charge is 2.39. The molecule has 1 aromatic rings. The third-order valence-corrected chi connectivity index (χ3v) is 5.13. The van der Waals surface area contributed by atoms with Gasteiger partial charge < -0.3 is 5.73 Å². The highest BCUT2D eigenvalue weighted by molar-refractivity contribution is 9.10. The van der Waals surface area contributed by atoms with Crippen molar-refractivity contribution in [1.82, 2.24) is 4.72 Å². The number of benzene rings is 1. The Morgan fingerprint density at radius 2 is 2.22 bits per heavy atom. The number of halogens is 2. The molecule has 1 fully saturated rings. The summed E-state index contributed by atoms with van der Waals surface area (Å²) < 4.78 is 40.4. The van der Waals surface area contributed by atoms with E-state index in [0.717, 1.165) is 18.9 Å². The molecule has 18 heavy (non-hydrogen) atoms. The fourth-order valence-corrected chi connectivity index (χ4v) is 3.95. The van der Waals surface area contributed by atoms with E-state index in [1.165, 1.54) is 6.07 Å². The topological polar surface area (TPSA) is 72.2 Å². The summed E-state index contributed by atoms with van der Waals surface area (Å²) in [6, 6.07) is 2.38. The quantitative estimate of drug-likeness (QED) is 0.828. The number of nitrogen functional groups attached to an aromatic ring is 1. The first-order valence-electron chi connectivity index (χ1n) is 5.62. The molecule has 4 nitrogen and oxygen atoms in total. The van der Waals surface area contributed by atoms with E-state index in [-0.39, 0.29) is 16.2 Å². The lowest BCUT2D eigenvalue weighted by Gasteiger charge is -2.09. The van der Waals surface area contributed by atoms with E-state index in [4.69, 9.17) is 5.73 Å². The molecule has 7 heteroatoms. The number of hydrogen-bond acceptors (Lipinski definition) is 3. The van der Waals surface area contributed by atoms with Gasteiger partial charge in [-0.1, -0.05) is 13.3 Å². The normalized spacial score (nSPS) is 23.1. The standard InChI is InChI=1S/C11H14BrFN2O2S/c1-2-6-3-9(6)15-18(16,17)10-5-7(14)4-8(12)11(10)13/h4-6,9,15H,2-3,14H2,1H3. The predicted molar refractivity (Wildman–Crippen MR) is 71.0 cm³/mol. The van der Waals surface area contributed by atoms with Gasteiger partial charge in [0, 0.05) is 11.7 Å². The molecule has 1 saturated carbocycles. The molecule has 2 atom stereocenters. The molecule has 0 radical (unpaired) electrons. The van der Waals surface area contributed by atoms with E-state index in [1.54, 1.807) is 0 Å². The highest BCUT2D eigenvalue weighted by Crippen LogP contribution is 2.35. The summed E-state index contributed by atoms with van der Waals surface area (Å²) in [5.74, 6) is -0.460. The molecular weight excluding hydrogens is 323 g/mol. The van der Waals surface area contributed by atoms with Gasteiger partial charge >= 0.3 is 0 Å². The van der Waals surface area contributed by atoms with E-state index >= 15 is 0 Å². The minimum absolute atomic E-state index is 0.0470. The predicted octanol–water partition coefficient (Wildman–Crippen LogP) is 2.25. The molecule has 1 aliphatic carbocycles. The molecule has 100 valence electrons. The lowest BCUT2D eigenvalue weighted by Crippen LogP contribution is -2.28. The molecule has 0 amide bonds. The van der Waals surface area contributed by atoms with E-state index in [2.05, 4.69) is 20.7 Å². The molecule has 0 heterocycles. The van der Waals surface area contributed by atoms with E-state index in [9.17, 15) is 12.8 Å². The Balaban J connectivity index is 2.30. The molecule has 0 aromatic heterocycles. The van der Waals surface area contributed by atoms with Gasteiger partial charge in [0.1, 0.15) is 4.90 Å². The minimum atomic E-state index is -3.85. The Morgan fingerprint density at radius 1 is 1.56 bits per heavy atom. The number of anilines is 1. The summed E-state index contributed by atoms with van der Waals surface area (Å²) in [6.45, 7) is 2.00. The summed E-state index contributed by atoms with van der Waals surface area (Å²) in [4.78, 5) is -0.406. The van der Waals surface area contributed by atoms with Gasteiger partial charge in [-0.05, 0) is 40.4 Å². The number of nitrogens with two attached hydrogens (primary N) is 1. The van der Waals surface area contributed by atoms with Gasteiger partial charge in [0.15, 0.2) is 5.82 Å². The van der Waals surface area contributed by atoms with Crippen LogP contribution in [0.3, 0.4) is 0 Å². The second-order valence-corrected chi connectivity index (χ2v) is 6.98. The van der Waals surface area contributed by atoms with Crippen molar-refractivity contribution in [2.24, 2.45) is 5.92 Å². The first kappa shape index (κ1) is 13.8. The van der Waals surface area contributed by atoms with Gasteiger partial charge in [0.05, 0.1) is 4.47 Å². The van der Waals surface area contributed by atoms with Gasteiger partial charge in [-0.25, -0.2) is 17.5 Å². The van der Waals surface area contributed by atoms with Crippen molar-refractivity contribution in [3.8, 4) is 0 Å². The van der Waals surface area contributed by atoms with Crippen molar-refractivity contribution in [2.45, 2.75) is 30.7 Å². The van der Waals surface area contributed by atoms with Crippen LogP contribution in [-0.4, -0.2) is 14.5 Å². The minimum Gasteiger partial charge on any atom is -0.399 e. The summed E-state index contributed by atoms with van der Waals surface area (Å²) >= 11 is 2.95. The van der Waals surface area contributed by atoms with Crippen LogP contribution in [0.2, 0.25) is 0 Å². The maximum atomic E-state index is 13.8. The van der Waals surface area contributed by atoms with Crippen LogP contribution in [0.15, 0.2) is 21.5 Å². The lowest BCUT2D eigenvalue weighted by atomic mass is 10.3. The Morgan fingerprint density at radius 3 is 2.78 bits per heavy atom. The molecule has 2 rings (SSSR count). The smallest absolute Gasteiger partial charge is 0.243 e.